The van der Waals surface area contributed by atoms with Gasteiger partial charge >= 0.3 is 0 Å². The Labute approximate surface area is 863 Å². The molecule has 10 aromatic carbocycles. The van der Waals surface area contributed by atoms with Crippen molar-refractivity contribution in [3.8, 4) is 36.0 Å². The summed E-state index contributed by atoms with van der Waals surface area (Å²) in [4.78, 5) is 0. The molecule has 25 atom stereocenters. The Morgan fingerprint density at radius 1 is 0.288 bits per heavy atom. The first-order chi connectivity index (χ1) is 70.3. The maximum Gasteiger partial charge on any atom is 0.119 e. The quantitative estimate of drug-likeness (QED) is 0.0224. The molecule has 8 fully saturated rings. The Balaban J connectivity index is 0.000000144. The van der Waals surface area contributed by atoms with Crippen LogP contribution in [0.1, 0.15) is 219 Å². The maximum absolute atomic E-state index is 10.4. The molecular weight excluding hydrogens is 1940 g/mol. The van der Waals surface area contributed by atoms with Crippen LogP contribution in [0.2, 0.25) is 15.1 Å². The summed E-state index contributed by atoms with van der Waals surface area (Å²) in [5, 5.41) is 220. The molecule has 32 heteroatoms. The Morgan fingerprint density at radius 2 is 0.521 bits per heavy atom. The SMILES string of the molecule is C#Cc1ccc(Cc2cc([C@@H]3O[C@H](CO)[C@@H](O)[C@H](O)[C@H]3O)ccc2Cl)cc1.CCc1ccc(Cc2cc([C@@H]3O[C@H](CO)[C@@H](O)[C@H](O)[C@H]3O)ccc2C#N)cc1.N#Cc1ccc([C@@H]2O[C@H](CO)[C@@H](O)[C@H](O)[C@H]2O)cc1Cc1ccc(C2CC2)cc1.OC[C@H]1O[C@@H](c2ccc(Cl)c(Cc3ccc(OC4CCCC4)cc3)c2)[C@H](O)[C@@H](O)[C@@H]1O.OC[C@H]1O[C@@H](c2ccc(Cl)c(Cc3ccc(OC4CCCC4)cc3)c2)[C@H](O)[C@@H](O)[C@@H]1O. The average Bonchev–Trinajstić information content (AvgIpc) is 0.851. The number of nitrogens with zero attached hydrogens (tertiary/aromatic N) is 2. The first-order valence-electron chi connectivity index (χ1n) is 49.5. The van der Waals surface area contributed by atoms with E-state index in [0.29, 0.717) is 104 Å². The number of terminal acetylenes is 1. The van der Waals surface area contributed by atoms with Gasteiger partial charge in [-0.15, -0.1) is 6.42 Å². The van der Waals surface area contributed by atoms with E-state index in [1.54, 1.807) is 78.9 Å². The minimum Gasteiger partial charge on any atom is -0.490 e. The summed E-state index contributed by atoms with van der Waals surface area (Å²) >= 11 is 19.2. The molecule has 8 aliphatic rings. The number of halogens is 3. The molecule has 0 amide bonds. The number of benzene rings is 10. The zero-order valence-corrected chi connectivity index (χ0v) is 82.9. The Bertz CT molecular complexity index is 5840. The number of aryl methyl sites for hydroxylation is 1. The van der Waals surface area contributed by atoms with E-state index in [-0.39, 0.29) is 0 Å². The van der Waals surface area contributed by atoms with Crippen LogP contribution in [0.4, 0.5) is 0 Å². The van der Waals surface area contributed by atoms with Crippen molar-refractivity contribution in [2.75, 3.05) is 33.0 Å². The van der Waals surface area contributed by atoms with Crippen LogP contribution in [0, 0.1) is 35.0 Å². The molecule has 0 aromatic heterocycles. The van der Waals surface area contributed by atoms with E-state index in [1.165, 1.54) is 49.7 Å². The molecule has 29 nitrogen and oxygen atoms in total. The molecule has 778 valence electrons. The lowest BCUT2D eigenvalue weighted by Gasteiger charge is -2.40. The fourth-order valence-corrected chi connectivity index (χ4v) is 20.1. The summed E-state index contributed by atoms with van der Waals surface area (Å²) in [7, 11) is 0. The van der Waals surface area contributed by atoms with E-state index >= 15 is 0 Å². The van der Waals surface area contributed by atoms with Gasteiger partial charge in [-0.3, -0.25) is 0 Å². The fraction of sp³-hybridized carbons (Fsp3) is 0.439. The third kappa shape index (κ3) is 27.9. The van der Waals surface area contributed by atoms with Gasteiger partial charge in [-0.1, -0.05) is 193 Å². The van der Waals surface area contributed by atoms with Crippen LogP contribution in [0.15, 0.2) is 212 Å². The van der Waals surface area contributed by atoms with Crippen molar-refractivity contribution < 1.29 is 135 Å². The molecule has 5 heterocycles. The van der Waals surface area contributed by atoms with Crippen LogP contribution in [0.5, 0.6) is 11.5 Å². The highest BCUT2D eigenvalue weighted by atomic mass is 35.5. The topological polar surface area (TPSA) is 517 Å². The fourth-order valence-electron chi connectivity index (χ4n) is 19.5. The number of ether oxygens (including phenoxy) is 7. The third-order valence-electron chi connectivity index (χ3n) is 28.4. The highest BCUT2D eigenvalue weighted by Crippen LogP contribution is 2.44. The molecule has 10 aromatic rings. The van der Waals surface area contributed by atoms with Crippen molar-refractivity contribution >= 4 is 34.8 Å². The van der Waals surface area contributed by atoms with Crippen LogP contribution in [0.25, 0.3) is 0 Å². The minimum atomic E-state index is -1.43. The van der Waals surface area contributed by atoms with Crippen LogP contribution in [-0.2, 0) is 62.2 Å². The smallest absolute Gasteiger partial charge is 0.119 e. The van der Waals surface area contributed by atoms with Gasteiger partial charge in [0.1, 0.15) is 164 Å². The van der Waals surface area contributed by atoms with E-state index in [0.717, 1.165) is 105 Å². The van der Waals surface area contributed by atoms with Gasteiger partial charge in [0.05, 0.1) is 68.5 Å². The Morgan fingerprint density at radius 3 is 0.774 bits per heavy atom. The van der Waals surface area contributed by atoms with Crippen molar-refractivity contribution in [3.63, 3.8) is 0 Å². The van der Waals surface area contributed by atoms with Crippen molar-refractivity contribution in [1.82, 2.24) is 0 Å². The van der Waals surface area contributed by atoms with Gasteiger partial charge in [-0.25, -0.2) is 0 Å². The second kappa shape index (κ2) is 52.6. The van der Waals surface area contributed by atoms with Crippen molar-refractivity contribution in [1.29, 1.82) is 10.5 Å². The summed E-state index contributed by atoms with van der Waals surface area (Å²) in [5.41, 5.74) is 16.8. The number of aliphatic hydroxyl groups is 20. The molecule has 3 saturated carbocycles. The maximum atomic E-state index is 10.4. The van der Waals surface area contributed by atoms with Gasteiger partial charge in [0.25, 0.3) is 0 Å². The van der Waals surface area contributed by atoms with E-state index in [2.05, 4.69) is 61.4 Å². The molecule has 20 N–H and O–H groups in total. The van der Waals surface area contributed by atoms with Gasteiger partial charge in [-0.2, -0.15) is 10.5 Å². The molecule has 0 unspecified atom stereocenters. The predicted molar refractivity (Wildman–Crippen MR) is 542 cm³/mol. The van der Waals surface area contributed by atoms with E-state index in [9.17, 15) is 113 Å². The molecule has 146 heavy (non-hydrogen) atoms. The highest BCUT2D eigenvalue weighted by molar-refractivity contribution is 6.32. The standard InChI is InChI=1S/2C24H29ClO6.C23H25NO5.C22H25NO5.C21H21ClO5/c2*25-19-10-7-15(24-23(29)22(28)21(27)20(13-26)31-24)12-16(19)11-14-5-8-18(9-6-14)30-17-3-1-2-4-17;24-11-17-8-7-16(23-22(28)21(27)20(26)19(12-25)29-23)10-18(17)9-13-1-3-14(4-2-13)15-5-6-15;1-2-13-3-5-14(6-4-13)9-17-10-15(7-8-16(17)11-23)22-21(27)20(26)19(25)18(12-24)28-22;1-2-12-3-5-13(6-4-12)9-15-10-14(7-8-16(15)22)21-20(26)19(25)18(24)17(11-23)27-21/h2*5-10,12,17,20-24,26-29H,1-4,11,13H2;1-4,7-8,10,15,19-23,25-28H,5-6,9,12H2;3-8,10,18-22,24-27H,2,9,12H2,1H3;1,3-8,10,17-21,23-26H,9,11H2/t2*20-,21-,22+,23-,24+;19-,20-,21+,22-,23+;18-,19-,20+,21-,22+;17-,18-,19+,20-,21+/m11111/s1. The number of aliphatic hydroxyl groups excluding tert-OH is 20. The zero-order chi connectivity index (χ0) is 104. The molecule has 0 bridgehead atoms. The Kier molecular flexibility index (Phi) is 40.3. The monoisotopic (exact) mass is 2060 g/mol. The molecule has 5 saturated heterocycles. The van der Waals surface area contributed by atoms with Crippen LogP contribution in [-0.4, -0.2) is 269 Å². The van der Waals surface area contributed by atoms with Gasteiger partial charge in [-0.05, 0) is 270 Å². The predicted octanol–water partition coefficient (Wildman–Crippen LogP) is 9.73. The summed E-state index contributed by atoms with van der Waals surface area (Å²) in [5.74, 6) is 5.00. The number of nitriles is 2. The summed E-state index contributed by atoms with van der Waals surface area (Å²) in [6.07, 6.45) is -8.35. The first-order valence-corrected chi connectivity index (χ1v) is 50.7. The first kappa shape index (κ1) is 112. The van der Waals surface area contributed by atoms with Crippen molar-refractivity contribution in [2.45, 2.75) is 280 Å². The van der Waals surface area contributed by atoms with Gasteiger partial charge in [0.2, 0.25) is 0 Å². The van der Waals surface area contributed by atoms with Gasteiger partial charge in [0, 0.05) is 20.6 Å². The summed E-state index contributed by atoms with van der Waals surface area (Å²) in [6.45, 7) is -0.253. The second-order valence-electron chi connectivity index (χ2n) is 38.6. The van der Waals surface area contributed by atoms with Crippen LogP contribution < -0.4 is 9.47 Å². The van der Waals surface area contributed by atoms with Crippen LogP contribution >= 0.6 is 34.8 Å². The normalized spacial score (nSPS) is 28.7. The van der Waals surface area contributed by atoms with Gasteiger partial charge in [0.15, 0.2) is 0 Å². The zero-order valence-electron chi connectivity index (χ0n) is 80.6. The summed E-state index contributed by atoms with van der Waals surface area (Å²) < 4.78 is 40.3. The minimum absolute atomic E-state index is 0.315. The van der Waals surface area contributed by atoms with Gasteiger partial charge < -0.3 is 135 Å². The Hall–Kier alpha value is -9.79. The molecular formula is C114H129Cl3N2O27. The largest absolute Gasteiger partial charge is 0.490 e. The van der Waals surface area contributed by atoms with Crippen LogP contribution in [0.3, 0.4) is 0 Å². The van der Waals surface area contributed by atoms with Crippen molar-refractivity contribution in [2.24, 2.45) is 0 Å². The number of hydrogen-bond acceptors (Lipinski definition) is 29. The van der Waals surface area contributed by atoms with E-state index < -0.39 is 186 Å². The number of hydrogen-bond donors (Lipinski definition) is 20. The van der Waals surface area contributed by atoms with Crippen molar-refractivity contribution in [3.05, 3.63) is 339 Å². The second-order valence-corrected chi connectivity index (χ2v) is 39.8. The molecule has 3 aliphatic carbocycles. The van der Waals surface area contributed by atoms with E-state index in [1.807, 2.05) is 97.1 Å². The van der Waals surface area contributed by atoms with E-state index in [4.69, 9.17) is 74.4 Å². The molecule has 18 rings (SSSR count). The average molecular weight is 2070 g/mol. The lowest BCUT2D eigenvalue weighted by Crippen LogP contribution is -2.55. The third-order valence-corrected chi connectivity index (χ3v) is 29.5. The lowest BCUT2D eigenvalue weighted by atomic mass is 9.89. The number of rotatable bonds is 26. The molecule has 5 aliphatic heterocycles. The lowest BCUT2D eigenvalue weighted by molar-refractivity contribution is -0.231. The summed E-state index contributed by atoms with van der Waals surface area (Å²) in [6, 6.07) is 70.5. The highest BCUT2D eigenvalue weighted by Gasteiger charge is 2.50. The molecule has 0 spiro atoms. The molecule has 0 radical (unpaired) electrons.